The molecular weight excluding hydrogens is 241 g/mol. The zero-order valence-corrected chi connectivity index (χ0v) is 9.11. The summed E-state index contributed by atoms with van der Waals surface area (Å²) in [5, 5.41) is 2.79. The highest BCUT2D eigenvalue weighted by atomic mass is 19.4. The average Bonchev–Trinajstić information content (AvgIpc) is 2.25. The van der Waals surface area contributed by atoms with Crippen LogP contribution in [0.3, 0.4) is 0 Å². The Hall–Kier alpha value is -1.17. The minimum Gasteiger partial charge on any atom is -0.319 e. The molecule has 6 heteroatoms. The molecule has 0 saturated heterocycles. The molecule has 0 bridgehead atoms. The fourth-order valence-corrected chi connectivity index (χ4v) is 1.36. The van der Waals surface area contributed by atoms with Crippen LogP contribution in [0.2, 0.25) is 0 Å². The van der Waals surface area contributed by atoms with E-state index in [2.05, 4.69) is 5.32 Å². The predicted molar refractivity (Wildman–Crippen MR) is 54.0 cm³/mol. The van der Waals surface area contributed by atoms with E-state index in [1.54, 1.807) is 7.05 Å². The first-order valence-corrected chi connectivity index (χ1v) is 4.97. The first-order chi connectivity index (χ1) is 7.79. The van der Waals surface area contributed by atoms with E-state index in [4.69, 9.17) is 0 Å². The third kappa shape index (κ3) is 3.15. The molecule has 1 N–H and O–H groups in total. The minimum absolute atomic E-state index is 0.401. The van der Waals surface area contributed by atoms with Crippen LogP contribution < -0.4 is 5.32 Å². The van der Waals surface area contributed by atoms with Gasteiger partial charge in [0.2, 0.25) is 0 Å². The fraction of sp³-hybridized carbons (Fsp3) is 0.455. The number of likely N-dealkylation sites (N-methyl/N-ethyl adjacent to an activating group) is 1. The molecule has 0 spiro atoms. The maximum absolute atomic E-state index is 13.0. The van der Waals surface area contributed by atoms with Gasteiger partial charge in [-0.2, -0.15) is 22.0 Å². The van der Waals surface area contributed by atoms with Gasteiger partial charge in [-0.15, -0.1) is 0 Å². The molecule has 1 rings (SSSR count). The first kappa shape index (κ1) is 13.9. The molecule has 96 valence electrons. The monoisotopic (exact) mass is 253 g/mol. The normalized spacial score (nSPS) is 12.8. The van der Waals surface area contributed by atoms with E-state index in [0.717, 1.165) is 12.1 Å². The second-order valence-electron chi connectivity index (χ2n) is 3.63. The number of benzene rings is 1. The van der Waals surface area contributed by atoms with Gasteiger partial charge in [-0.25, -0.2) is 0 Å². The Balaban J connectivity index is 2.99. The van der Waals surface area contributed by atoms with E-state index in [1.807, 2.05) is 0 Å². The van der Waals surface area contributed by atoms with Gasteiger partial charge >= 0.3 is 12.1 Å². The van der Waals surface area contributed by atoms with Gasteiger partial charge in [0.05, 0.1) is 0 Å². The SMILES string of the molecule is CNCCc1cccc(C(F)(F)C(F)(F)F)c1. The summed E-state index contributed by atoms with van der Waals surface area (Å²) in [5.74, 6) is -4.80. The molecule has 0 aliphatic heterocycles. The summed E-state index contributed by atoms with van der Waals surface area (Å²) < 4.78 is 62.5. The van der Waals surface area contributed by atoms with E-state index < -0.39 is 17.7 Å². The Morgan fingerprint density at radius 2 is 1.76 bits per heavy atom. The van der Waals surface area contributed by atoms with Crippen molar-refractivity contribution in [1.29, 1.82) is 0 Å². The van der Waals surface area contributed by atoms with E-state index >= 15 is 0 Å². The molecular formula is C11H12F5N. The van der Waals surface area contributed by atoms with Crippen molar-refractivity contribution in [3.05, 3.63) is 35.4 Å². The average molecular weight is 253 g/mol. The van der Waals surface area contributed by atoms with Crippen LogP contribution in [0.4, 0.5) is 22.0 Å². The standard InChI is InChI=1S/C11H12F5N/c1-17-6-5-8-3-2-4-9(7-8)10(12,13)11(14,15)16/h2-4,7,17H,5-6H2,1H3. The molecule has 0 radical (unpaired) electrons. The zero-order valence-electron chi connectivity index (χ0n) is 9.11. The smallest absolute Gasteiger partial charge is 0.319 e. The summed E-state index contributed by atoms with van der Waals surface area (Å²) in [6.07, 6.45) is -5.16. The highest BCUT2D eigenvalue weighted by molar-refractivity contribution is 5.28. The second-order valence-corrected chi connectivity index (χ2v) is 3.63. The van der Waals surface area contributed by atoms with Gasteiger partial charge in [-0.3, -0.25) is 0 Å². The maximum Gasteiger partial charge on any atom is 0.458 e. The van der Waals surface area contributed by atoms with Gasteiger partial charge in [-0.1, -0.05) is 18.2 Å². The van der Waals surface area contributed by atoms with Crippen molar-refractivity contribution in [1.82, 2.24) is 5.32 Å². The quantitative estimate of drug-likeness (QED) is 0.813. The van der Waals surface area contributed by atoms with Crippen LogP contribution in [0.1, 0.15) is 11.1 Å². The lowest BCUT2D eigenvalue weighted by atomic mass is 10.0. The van der Waals surface area contributed by atoms with E-state index in [0.29, 0.717) is 18.5 Å². The van der Waals surface area contributed by atoms with Crippen LogP contribution in [0.15, 0.2) is 24.3 Å². The summed E-state index contributed by atoms with van der Waals surface area (Å²) >= 11 is 0. The third-order valence-corrected chi connectivity index (χ3v) is 2.31. The van der Waals surface area contributed by atoms with Gasteiger partial charge in [0.15, 0.2) is 0 Å². The molecule has 0 saturated carbocycles. The topological polar surface area (TPSA) is 12.0 Å². The fourth-order valence-electron chi connectivity index (χ4n) is 1.36. The molecule has 1 aromatic carbocycles. The van der Waals surface area contributed by atoms with Gasteiger partial charge in [0.1, 0.15) is 0 Å². The van der Waals surface area contributed by atoms with E-state index in [-0.39, 0.29) is 0 Å². The van der Waals surface area contributed by atoms with Gasteiger partial charge in [0, 0.05) is 5.56 Å². The van der Waals surface area contributed by atoms with Gasteiger partial charge in [-0.05, 0) is 31.6 Å². The molecule has 0 unspecified atom stereocenters. The largest absolute Gasteiger partial charge is 0.458 e. The molecule has 0 aliphatic rings. The summed E-state index contributed by atoms with van der Waals surface area (Å²) in [6, 6.07) is 4.41. The van der Waals surface area contributed by atoms with Crippen LogP contribution in [-0.4, -0.2) is 19.8 Å². The number of hydrogen-bond donors (Lipinski definition) is 1. The van der Waals surface area contributed by atoms with Crippen LogP contribution in [0, 0.1) is 0 Å². The molecule has 0 aromatic heterocycles. The third-order valence-electron chi connectivity index (χ3n) is 2.31. The Labute approximate surface area is 95.6 Å². The Morgan fingerprint density at radius 3 is 2.29 bits per heavy atom. The van der Waals surface area contributed by atoms with Crippen molar-refractivity contribution in [2.24, 2.45) is 0 Å². The number of alkyl halides is 5. The van der Waals surface area contributed by atoms with Gasteiger partial charge < -0.3 is 5.32 Å². The van der Waals surface area contributed by atoms with Crippen LogP contribution in [0.5, 0.6) is 0 Å². The highest BCUT2D eigenvalue weighted by Crippen LogP contribution is 2.43. The second kappa shape index (κ2) is 5.00. The Kier molecular flexibility index (Phi) is 4.08. The lowest BCUT2D eigenvalue weighted by Gasteiger charge is -2.20. The first-order valence-electron chi connectivity index (χ1n) is 4.97. The molecule has 0 fully saturated rings. The Bertz CT molecular complexity index is 372. The molecule has 0 atom stereocenters. The maximum atomic E-state index is 13.0. The number of halogens is 5. The summed E-state index contributed by atoms with van der Waals surface area (Å²) in [4.78, 5) is 0. The van der Waals surface area contributed by atoms with Crippen molar-refractivity contribution in [3.8, 4) is 0 Å². The number of hydrogen-bond acceptors (Lipinski definition) is 1. The summed E-state index contributed by atoms with van der Waals surface area (Å²) in [6.45, 7) is 0.515. The molecule has 1 aromatic rings. The van der Waals surface area contributed by atoms with Crippen LogP contribution in [0.25, 0.3) is 0 Å². The van der Waals surface area contributed by atoms with Gasteiger partial charge in [0.25, 0.3) is 0 Å². The molecule has 0 heterocycles. The molecule has 0 aliphatic carbocycles. The van der Waals surface area contributed by atoms with Crippen molar-refractivity contribution in [3.63, 3.8) is 0 Å². The van der Waals surface area contributed by atoms with Crippen molar-refractivity contribution >= 4 is 0 Å². The number of rotatable bonds is 4. The minimum atomic E-state index is -5.56. The van der Waals surface area contributed by atoms with Crippen molar-refractivity contribution in [2.45, 2.75) is 18.5 Å². The molecule has 0 amide bonds. The zero-order chi connectivity index (χ0) is 13.1. The molecule has 1 nitrogen and oxygen atoms in total. The molecule has 17 heavy (non-hydrogen) atoms. The van der Waals surface area contributed by atoms with Crippen LogP contribution in [-0.2, 0) is 12.3 Å². The Morgan fingerprint density at radius 1 is 1.12 bits per heavy atom. The lowest BCUT2D eigenvalue weighted by Crippen LogP contribution is -2.33. The summed E-state index contributed by atoms with van der Waals surface area (Å²) in [7, 11) is 1.67. The summed E-state index contributed by atoms with van der Waals surface area (Å²) in [5.41, 5.74) is -0.570. The highest BCUT2D eigenvalue weighted by Gasteiger charge is 2.58. The van der Waals surface area contributed by atoms with E-state index in [9.17, 15) is 22.0 Å². The van der Waals surface area contributed by atoms with Crippen molar-refractivity contribution in [2.75, 3.05) is 13.6 Å². The predicted octanol–water partition coefficient (Wildman–Crippen LogP) is 3.10. The van der Waals surface area contributed by atoms with E-state index in [1.165, 1.54) is 12.1 Å². The lowest BCUT2D eigenvalue weighted by molar-refractivity contribution is -0.289. The number of nitrogens with one attached hydrogen (secondary N) is 1. The van der Waals surface area contributed by atoms with Crippen molar-refractivity contribution < 1.29 is 22.0 Å². The van der Waals surface area contributed by atoms with Crippen LogP contribution >= 0.6 is 0 Å².